The molecule has 2 aromatic heterocycles. The predicted molar refractivity (Wildman–Crippen MR) is 143 cm³/mol. The van der Waals surface area contributed by atoms with Crippen LogP contribution < -0.4 is 10.6 Å². The van der Waals surface area contributed by atoms with Crippen molar-refractivity contribution in [2.24, 2.45) is 4.99 Å². The summed E-state index contributed by atoms with van der Waals surface area (Å²) in [6.45, 7) is 5.75. The van der Waals surface area contributed by atoms with Crippen molar-refractivity contribution >= 4 is 46.8 Å². The fraction of sp³-hybridized carbons (Fsp3) is 0.280. The van der Waals surface area contributed by atoms with E-state index < -0.39 is 5.97 Å². The van der Waals surface area contributed by atoms with E-state index >= 15 is 0 Å². The van der Waals surface area contributed by atoms with Crippen molar-refractivity contribution in [1.29, 1.82) is 0 Å². The number of nitrogens with one attached hydrogen (secondary N) is 2. The van der Waals surface area contributed by atoms with E-state index in [1.54, 1.807) is 41.3 Å². The van der Waals surface area contributed by atoms with Gasteiger partial charge in [-0.1, -0.05) is 0 Å². The number of nitrogens with zero attached hydrogens (tertiary/aromatic N) is 5. The normalized spacial score (nSPS) is 13.8. The molecule has 0 saturated carbocycles. The van der Waals surface area contributed by atoms with E-state index in [0.717, 1.165) is 11.4 Å². The zero-order chi connectivity index (χ0) is 26.4. The van der Waals surface area contributed by atoms with Gasteiger partial charge in [-0.2, -0.15) is 4.99 Å². The van der Waals surface area contributed by atoms with Crippen LogP contribution in [0.1, 0.15) is 32.3 Å². The molecule has 1 fully saturated rings. The molecule has 37 heavy (non-hydrogen) atoms. The highest BCUT2D eigenvalue weighted by molar-refractivity contribution is 7.80. The van der Waals surface area contributed by atoms with Gasteiger partial charge in [0.25, 0.3) is 5.91 Å². The van der Waals surface area contributed by atoms with E-state index in [4.69, 9.17) is 21.4 Å². The Hall–Kier alpha value is -4.32. The van der Waals surface area contributed by atoms with E-state index in [9.17, 15) is 9.59 Å². The highest BCUT2D eigenvalue weighted by Gasteiger charge is 2.26. The lowest BCUT2D eigenvalue weighted by Crippen LogP contribution is -2.52. The largest absolute Gasteiger partial charge is 0.465 e. The number of thiocarbonyl (C=S) groups is 1. The van der Waals surface area contributed by atoms with Crippen molar-refractivity contribution in [3.8, 4) is 0 Å². The van der Waals surface area contributed by atoms with Gasteiger partial charge in [-0.3, -0.25) is 10.1 Å². The molecule has 1 aliphatic heterocycles. The molecule has 1 amide bonds. The third-order valence-electron chi connectivity index (χ3n) is 5.57. The second kappa shape index (κ2) is 11.6. The summed E-state index contributed by atoms with van der Waals surface area (Å²) in [5.74, 6) is 0.597. The summed E-state index contributed by atoms with van der Waals surface area (Å²) < 4.78 is 9.98. The average molecular weight is 522 g/mol. The second-order valence-corrected chi connectivity index (χ2v) is 8.68. The van der Waals surface area contributed by atoms with Crippen LogP contribution in [0.2, 0.25) is 0 Å². The molecule has 12 heteroatoms. The van der Waals surface area contributed by atoms with Crippen molar-refractivity contribution in [2.45, 2.75) is 13.8 Å². The maximum atomic E-state index is 12.7. The number of methoxy groups -OCH3 is 1. The molecule has 1 aliphatic rings. The van der Waals surface area contributed by atoms with Gasteiger partial charge in [0, 0.05) is 43.3 Å². The molecule has 0 aliphatic carbocycles. The van der Waals surface area contributed by atoms with Crippen LogP contribution in [0.15, 0.2) is 58.1 Å². The minimum Gasteiger partial charge on any atom is -0.465 e. The summed E-state index contributed by atoms with van der Waals surface area (Å²) in [5, 5.41) is 6.45. The quantitative estimate of drug-likeness (QED) is 0.229. The number of rotatable bonds is 4. The number of anilines is 2. The molecule has 4 rings (SSSR count). The lowest BCUT2D eigenvalue weighted by Gasteiger charge is -2.36. The first kappa shape index (κ1) is 25.8. The zero-order valence-corrected chi connectivity index (χ0v) is 21.5. The maximum Gasteiger partial charge on any atom is 0.337 e. The van der Waals surface area contributed by atoms with Crippen LogP contribution >= 0.6 is 12.2 Å². The van der Waals surface area contributed by atoms with Crippen molar-refractivity contribution in [2.75, 3.05) is 43.9 Å². The number of benzene rings is 1. The molecule has 3 aromatic rings. The highest BCUT2D eigenvalue weighted by atomic mass is 32.1. The van der Waals surface area contributed by atoms with E-state index in [1.807, 2.05) is 24.8 Å². The van der Waals surface area contributed by atoms with Gasteiger partial charge in [-0.15, -0.1) is 0 Å². The van der Waals surface area contributed by atoms with Crippen LogP contribution in [-0.2, 0) is 4.74 Å². The van der Waals surface area contributed by atoms with Crippen molar-refractivity contribution in [3.63, 3.8) is 0 Å². The summed E-state index contributed by atoms with van der Waals surface area (Å²) in [4.78, 5) is 41.6. The van der Waals surface area contributed by atoms with Crippen molar-refractivity contribution < 1.29 is 18.7 Å². The molecule has 11 nitrogen and oxygen atoms in total. The molecule has 192 valence electrons. The number of hydrogen-bond acceptors (Lipinski definition) is 7. The Bertz CT molecular complexity index is 1280. The number of ether oxygens (including phenoxy) is 1. The Morgan fingerprint density at radius 3 is 2.24 bits per heavy atom. The second-order valence-electron chi connectivity index (χ2n) is 8.29. The summed E-state index contributed by atoms with van der Waals surface area (Å²) in [6, 6.07) is 11.9. The first-order chi connectivity index (χ1) is 17.8. The maximum absolute atomic E-state index is 12.7. The Kier molecular flexibility index (Phi) is 8.08. The van der Waals surface area contributed by atoms with Crippen LogP contribution in [0.4, 0.5) is 11.6 Å². The van der Waals surface area contributed by atoms with Gasteiger partial charge in [-0.05, 0) is 68.5 Å². The van der Waals surface area contributed by atoms with Gasteiger partial charge in [-0.25, -0.2) is 14.8 Å². The van der Waals surface area contributed by atoms with Gasteiger partial charge >= 0.3 is 5.97 Å². The standard InChI is InChI=1S/C25H27N7O4S/c1-16-15-17(2)27-23(26-16)29-24(30-25(37)28-19-8-6-18(7-9-19)22(34)35-3)32-12-10-31(11-13-32)21(33)20-5-4-14-36-20/h4-9,14-15H,10-13H2,1-3H3,(H2,26,27,28,29,30,37). The lowest BCUT2D eigenvalue weighted by molar-refractivity contribution is 0.0600. The fourth-order valence-electron chi connectivity index (χ4n) is 3.79. The van der Waals surface area contributed by atoms with Crippen LogP contribution in [0.25, 0.3) is 0 Å². The Morgan fingerprint density at radius 1 is 1.00 bits per heavy atom. The molecule has 2 N–H and O–H groups in total. The lowest BCUT2D eigenvalue weighted by atomic mass is 10.2. The van der Waals surface area contributed by atoms with E-state index in [0.29, 0.717) is 55.1 Å². The van der Waals surface area contributed by atoms with Crippen molar-refractivity contribution in [3.05, 3.63) is 71.4 Å². The Labute approximate surface area is 219 Å². The number of amides is 1. The molecule has 1 aromatic carbocycles. The third kappa shape index (κ3) is 6.67. The number of aliphatic imine (C=N–C) groups is 1. The van der Waals surface area contributed by atoms with Gasteiger partial charge < -0.3 is 24.3 Å². The minimum absolute atomic E-state index is 0.152. The van der Waals surface area contributed by atoms with Crippen LogP contribution in [0.5, 0.6) is 0 Å². The summed E-state index contributed by atoms with van der Waals surface area (Å²) in [7, 11) is 1.33. The van der Waals surface area contributed by atoms with E-state index in [-0.39, 0.29) is 11.0 Å². The highest BCUT2D eigenvalue weighted by Crippen LogP contribution is 2.14. The SMILES string of the molecule is COC(=O)c1ccc(NC(=S)/N=C(/Nc2nc(C)cc(C)n2)N2CCN(C(=O)c3ccco3)CC2)cc1. The van der Waals surface area contributed by atoms with Crippen molar-refractivity contribution in [1.82, 2.24) is 19.8 Å². The van der Waals surface area contributed by atoms with Gasteiger partial charge in [0.15, 0.2) is 5.76 Å². The minimum atomic E-state index is -0.420. The van der Waals surface area contributed by atoms with Gasteiger partial charge in [0.1, 0.15) is 0 Å². The molecule has 0 atom stereocenters. The number of aromatic nitrogens is 2. The smallest absolute Gasteiger partial charge is 0.337 e. The van der Waals surface area contributed by atoms with Gasteiger partial charge in [0.2, 0.25) is 17.0 Å². The number of piperazine rings is 1. The van der Waals surface area contributed by atoms with E-state index in [2.05, 4.69) is 25.6 Å². The zero-order valence-electron chi connectivity index (χ0n) is 20.7. The van der Waals surface area contributed by atoms with E-state index in [1.165, 1.54) is 13.4 Å². The van der Waals surface area contributed by atoms with Gasteiger partial charge in [0.05, 0.1) is 18.9 Å². The number of carbonyl (C=O) groups excluding carboxylic acids is 2. The molecule has 0 bridgehead atoms. The third-order valence-corrected chi connectivity index (χ3v) is 5.76. The summed E-state index contributed by atoms with van der Waals surface area (Å²) in [5.41, 5.74) is 2.72. The summed E-state index contributed by atoms with van der Waals surface area (Å²) in [6.07, 6.45) is 1.49. The molecule has 3 heterocycles. The number of furan rings is 1. The summed E-state index contributed by atoms with van der Waals surface area (Å²) >= 11 is 5.50. The van der Waals surface area contributed by atoms with Crippen LogP contribution in [0.3, 0.4) is 0 Å². The topological polar surface area (TPSA) is 125 Å². The Morgan fingerprint density at radius 2 is 1.65 bits per heavy atom. The van der Waals surface area contributed by atoms with Crippen LogP contribution in [0, 0.1) is 13.8 Å². The first-order valence-corrected chi connectivity index (χ1v) is 12.0. The van der Waals surface area contributed by atoms with Crippen LogP contribution in [-0.4, -0.2) is 76.0 Å². The predicted octanol–water partition coefficient (Wildman–Crippen LogP) is 3.10. The fourth-order valence-corrected chi connectivity index (χ4v) is 4.00. The number of hydrogen-bond donors (Lipinski definition) is 2. The molecular formula is C25H27N7O4S. The number of esters is 1. The first-order valence-electron chi connectivity index (χ1n) is 11.6. The number of carbonyl (C=O) groups is 2. The monoisotopic (exact) mass is 521 g/mol. The number of aryl methyl sites for hydroxylation is 2. The molecule has 0 unspecified atom stereocenters. The Balaban J connectivity index is 1.50. The number of guanidine groups is 1. The average Bonchev–Trinajstić information content (AvgIpc) is 3.42. The molecule has 1 saturated heterocycles. The molecule has 0 spiro atoms. The molecule has 0 radical (unpaired) electrons. The molecular weight excluding hydrogens is 494 g/mol.